The van der Waals surface area contributed by atoms with Crippen molar-refractivity contribution >= 4 is 5.91 Å². The SMILES string of the molecule is O=C(NCC1CCCO1)C(F)(F)C(F)(F)F. The second-order valence-corrected chi connectivity index (χ2v) is 3.42. The van der Waals surface area contributed by atoms with E-state index in [1.54, 1.807) is 0 Å². The van der Waals surface area contributed by atoms with Crippen LogP contribution in [-0.2, 0) is 9.53 Å². The molecule has 1 fully saturated rings. The Morgan fingerprint density at radius 2 is 1.94 bits per heavy atom. The smallest absolute Gasteiger partial charge is 0.376 e. The van der Waals surface area contributed by atoms with Crippen LogP contribution < -0.4 is 5.32 Å². The lowest BCUT2D eigenvalue weighted by Crippen LogP contribution is -2.51. The molecule has 0 aromatic heterocycles. The lowest BCUT2D eigenvalue weighted by molar-refractivity contribution is -0.269. The predicted octanol–water partition coefficient (Wildman–Crippen LogP) is 1.48. The van der Waals surface area contributed by atoms with Gasteiger partial charge in [0.1, 0.15) is 0 Å². The van der Waals surface area contributed by atoms with Crippen LogP contribution in [0.4, 0.5) is 22.0 Å². The summed E-state index contributed by atoms with van der Waals surface area (Å²) in [4.78, 5) is 10.6. The highest BCUT2D eigenvalue weighted by molar-refractivity contribution is 5.84. The van der Waals surface area contributed by atoms with Crippen molar-refractivity contribution in [2.45, 2.75) is 31.0 Å². The summed E-state index contributed by atoms with van der Waals surface area (Å²) in [5.41, 5.74) is 0. The van der Waals surface area contributed by atoms with Crippen molar-refractivity contribution in [1.82, 2.24) is 5.32 Å². The van der Waals surface area contributed by atoms with Gasteiger partial charge in [-0.25, -0.2) is 0 Å². The predicted molar refractivity (Wildman–Crippen MR) is 43.0 cm³/mol. The Bertz CT molecular complexity index is 260. The van der Waals surface area contributed by atoms with Crippen molar-refractivity contribution in [2.24, 2.45) is 0 Å². The first-order chi connectivity index (χ1) is 7.25. The monoisotopic (exact) mass is 247 g/mol. The molecule has 8 heteroatoms. The average Bonchev–Trinajstić information content (AvgIpc) is 2.64. The minimum Gasteiger partial charge on any atom is -0.376 e. The van der Waals surface area contributed by atoms with E-state index < -0.39 is 24.1 Å². The lowest BCUT2D eigenvalue weighted by Gasteiger charge is -2.19. The van der Waals surface area contributed by atoms with Crippen LogP contribution in [0.3, 0.4) is 0 Å². The van der Waals surface area contributed by atoms with Crippen molar-refractivity contribution in [3.63, 3.8) is 0 Å². The van der Waals surface area contributed by atoms with E-state index in [9.17, 15) is 26.7 Å². The maximum Gasteiger partial charge on any atom is 0.463 e. The second kappa shape index (κ2) is 4.52. The van der Waals surface area contributed by atoms with Gasteiger partial charge in [-0.2, -0.15) is 22.0 Å². The van der Waals surface area contributed by atoms with Gasteiger partial charge in [0.15, 0.2) is 0 Å². The van der Waals surface area contributed by atoms with Gasteiger partial charge in [0.05, 0.1) is 6.10 Å². The largest absolute Gasteiger partial charge is 0.463 e. The van der Waals surface area contributed by atoms with E-state index in [-0.39, 0.29) is 6.54 Å². The molecule has 1 atom stereocenters. The van der Waals surface area contributed by atoms with Gasteiger partial charge in [-0.05, 0) is 12.8 Å². The van der Waals surface area contributed by atoms with Crippen LogP contribution in [0.25, 0.3) is 0 Å². The number of carbonyl (C=O) groups excluding carboxylic acids is 1. The van der Waals surface area contributed by atoms with Crippen molar-refractivity contribution < 1.29 is 31.5 Å². The lowest BCUT2D eigenvalue weighted by atomic mass is 10.2. The van der Waals surface area contributed by atoms with Gasteiger partial charge in [-0.3, -0.25) is 4.79 Å². The Labute approximate surface area is 87.9 Å². The number of rotatable bonds is 3. The quantitative estimate of drug-likeness (QED) is 0.767. The summed E-state index contributed by atoms with van der Waals surface area (Å²) in [7, 11) is 0. The third-order valence-corrected chi connectivity index (χ3v) is 2.16. The fourth-order valence-electron chi connectivity index (χ4n) is 1.25. The van der Waals surface area contributed by atoms with Crippen LogP contribution in [0, 0.1) is 0 Å². The van der Waals surface area contributed by atoms with Crippen molar-refractivity contribution in [1.29, 1.82) is 0 Å². The minimum absolute atomic E-state index is 0.329. The van der Waals surface area contributed by atoms with Gasteiger partial charge < -0.3 is 10.1 Å². The first kappa shape index (κ1) is 13.1. The van der Waals surface area contributed by atoms with Crippen LogP contribution in [0.1, 0.15) is 12.8 Å². The summed E-state index contributed by atoms with van der Waals surface area (Å²) in [6.07, 6.45) is -5.10. The summed E-state index contributed by atoms with van der Waals surface area (Å²) in [5, 5.41) is 1.54. The molecule has 16 heavy (non-hydrogen) atoms. The van der Waals surface area contributed by atoms with Crippen molar-refractivity contribution in [3.05, 3.63) is 0 Å². The molecule has 1 aliphatic rings. The molecule has 1 unspecified atom stereocenters. The zero-order chi connectivity index (χ0) is 12.4. The maximum atomic E-state index is 12.4. The zero-order valence-corrected chi connectivity index (χ0v) is 8.11. The summed E-state index contributed by atoms with van der Waals surface area (Å²) in [6.45, 7) is 0.0979. The topological polar surface area (TPSA) is 38.3 Å². The Balaban J connectivity index is 2.45. The summed E-state index contributed by atoms with van der Waals surface area (Å²) < 4.78 is 65.0. The number of hydrogen-bond acceptors (Lipinski definition) is 2. The summed E-state index contributed by atoms with van der Waals surface area (Å²) in [6, 6.07) is 0. The van der Waals surface area contributed by atoms with Gasteiger partial charge in [0.25, 0.3) is 5.91 Å². The van der Waals surface area contributed by atoms with Gasteiger partial charge in [0, 0.05) is 13.2 Å². The average molecular weight is 247 g/mol. The van der Waals surface area contributed by atoms with E-state index in [1.165, 1.54) is 5.32 Å². The van der Waals surface area contributed by atoms with Crippen molar-refractivity contribution in [3.8, 4) is 0 Å². The molecule has 0 aliphatic carbocycles. The van der Waals surface area contributed by atoms with Crippen LogP contribution in [0.2, 0.25) is 0 Å². The molecule has 0 radical (unpaired) electrons. The number of carbonyl (C=O) groups is 1. The van der Waals surface area contributed by atoms with Gasteiger partial charge in [0.2, 0.25) is 0 Å². The van der Waals surface area contributed by atoms with Crippen LogP contribution >= 0.6 is 0 Å². The maximum absolute atomic E-state index is 12.4. The summed E-state index contributed by atoms with van der Waals surface area (Å²) >= 11 is 0. The fraction of sp³-hybridized carbons (Fsp3) is 0.875. The molecule has 1 N–H and O–H groups in total. The molecule has 0 bridgehead atoms. The third-order valence-electron chi connectivity index (χ3n) is 2.16. The Morgan fingerprint density at radius 3 is 2.38 bits per heavy atom. The molecular formula is C8H10F5NO2. The van der Waals surface area contributed by atoms with Gasteiger partial charge in [-0.15, -0.1) is 0 Å². The molecular weight excluding hydrogens is 237 g/mol. The third kappa shape index (κ3) is 2.81. The molecule has 1 saturated heterocycles. The van der Waals surface area contributed by atoms with Crippen LogP contribution in [0.15, 0.2) is 0 Å². The minimum atomic E-state index is -5.87. The number of amides is 1. The van der Waals surface area contributed by atoms with Gasteiger partial charge in [-0.1, -0.05) is 0 Å². The molecule has 1 rings (SSSR count). The number of nitrogens with one attached hydrogen (secondary N) is 1. The normalized spacial score (nSPS) is 22.2. The Hall–Kier alpha value is -0.920. The zero-order valence-electron chi connectivity index (χ0n) is 8.11. The highest BCUT2D eigenvalue weighted by Gasteiger charge is 2.63. The first-order valence-corrected chi connectivity index (χ1v) is 4.59. The molecule has 0 aromatic rings. The van der Waals surface area contributed by atoms with E-state index in [2.05, 4.69) is 0 Å². The van der Waals surface area contributed by atoms with Gasteiger partial charge >= 0.3 is 12.1 Å². The van der Waals surface area contributed by atoms with E-state index >= 15 is 0 Å². The van der Waals surface area contributed by atoms with E-state index in [4.69, 9.17) is 4.74 Å². The highest BCUT2D eigenvalue weighted by atomic mass is 19.4. The van der Waals surface area contributed by atoms with E-state index in [0.717, 1.165) is 0 Å². The first-order valence-electron chi connectivity index (χ1n) is 4.59. The Kier molecular flexibility index (Phi) is 3.72. The standard InChI is InChI=1S/C8H10F5NO2/c9-7(10,8(11,12)13)6(15)14-4-5-2-1-3-16-5/h5H,1-4H2,(H,14,15). The molecule has 0 saturated carbocycles. The Morgan fingerprint density at radius 1 is 1.31 bits per heavy atom. The number of ether oxygens (including phenoxy) is 1. The van der Waals surface area contributed by atoms with E-state index in [1.807, 2.05) is 0 Å². The molecule has 94 valence electrons. The number of alkyl halides is 5. The van der Waals surface area contributed by atoms with Crippen LogP contribution in [0.5, 0.6) is 0 Å². The highest BCUT2D eigenvalue weighted by Crippen LogP contribution is 2.35. The van der Waals surface area contributed by atoms with Crippen LogP contribution in [-0.4, -0.2) is 37.3 Å². The molecule has 0 aromatic carbocycles. The van der Waals surface area contributed by atoms with Crippen molar-refractivity contribution in [2.75, 3.05) is 13.2 Å². The summed E-state index contributed by atoms with van der Waals surface area (Å²) in [5.74, 6) is -7.69. The fourth-order valence-corrected chi connectivity index (χ4v) is 1.25. The molecule has 1 aliphatic heterocycles. The van der Waals surface area contributed by atoms with E-state index in [0.29, 0.717) is 19.4 Å². The molecule has 0 spiro atoms. The number of hydrogen-bond donors (Lipinski definition) is 1. The molecule has 1 heterocycles. The second-order valence-electron chi connectivity index (χ2n) is 3.42. The molecule has 3 nitrogen and oxygen atoms in total. The molecule has 1 amide bonds. The number of halogens is 5.